The lowest BCUT2D eigenvalue weighted by Gasteiger charge is -2.11. The van der Waals surface area contributed by atoms with Crippen LogP contribution in [-0.4, -0.2) is 39.0 Å². The smallest absolute Gasteiger partial charge is 0.307 e. The van der Waals surface area contributed by atoms with E-state index in [2.05, 4.69) is 4.72 Å². The van der Waals surface area contributed by atoms with Gasteiger partial charge in [0.25, 0.3) is 0 Å². The number of aliphatic carboxylic acids is 1. The number of carboxylic acids is 1. The molecule has 0 aliphatic carbocycles. The Morgan fingerprint density at radius 3 is 2.68 bits per heavy atom. The lowest BCUT2D eigenvalue weighted by Crippen LogP contribution is -2.19. The summed E-state index contributed by atoms with van der Waals surface area (Å²) < 4.78 is 30.8. The molecule has 1 aromatic rings. The number of sulfonamides is 1. The number of anilines is 1. The molecule has 0 bridgehead atoms. The Bertz CT molecular complexity index is 527. The number of benzene rings is 1. The van der Waals surface area contributed by atoms with Crippen LogP contribution in [-0.2, 0) is 26.0 Å². The molecule has 1 rings (SSSR count). The predicted molar refractivity (Wildman–Crippen MR) is 71.7 cm³/mol. The summed E-state index contributed by atoms with van der Waals surface area (Å²) in [5, 5.41) is 8.77. The molecular weight excluding hydrogens is 270 g/mol. The Kier molecular flexibility index (Phi) is 5.78. The van der Waals surface area contributed by atoms with Crippen molar-refractivity contribution >= 4 is 21.7 Å². The highest BCUT2D eigenvalue weighted by molar-refractivity contribution is 7.92. The van der Waals surface area contributed by atoms with E-state index in [0.29, 0.717) is 24.3 Å². The molecule has 0 saturated heterocycles. The summed E-state index contributed by atoms with van der Waals surface area (Å²) in [6.45, 7) is 0.359. The van der Waals surface area contributed by atoms with Gasteiger partial charge in [-0.25, -0.2) is 8.42 Å². The first kappa shape index (κ1) is 15.5. The van der Waals surface area contributed by atoms with Crippen molar-refractivity contribution in [3.63, 3.8) is 0 Å². The molecule has 0 saturated carbocycles. The quantitative estimate of drug-likeness (QED) is 0.698. The summed E-state index contributed by atoms with van der Waals surface area (Å²) in [7, 11) is -1.99. The highest BCUT2D eigenvalue weighted by Gasteiger charge is 2.13. The zero-order valence-electron chi connectivity index (χ0n) is 10.6. The van der Waals surface area contributed by atoms with Crippen molar-refractivity contribution in [2.75, 3.05) is 24.2 Å². The third kappa shape index (κ3) is 5.71. The summed E-state index contributed by atoms with van der Waals surface area (Å²) in [4.78, 5) is 10.7. The molecule has 1 aromatic carbocycles. The van der Waals surface area contributed by atoms with Gasteiger partial charge in [0.15, 0.2) is 0 Å². The summed E-state index contributed by atoms with van der Waals surface area (Å²) >= 11 is 0. The van der Waals surface area contributed by atoms with Crippen LogP contribution < -0.4 is 4.72 Å². The molecule has 19 heavy (non-hydrogen) atoms. The Morgan fingerprint density at radius 2 is 2.05 bits per heavy atom. The second-order valence-corrected chi connectivity index (χ2v) is 5.84. The van der Waals surface area contributed by atoms with E-state index >= 15 is 0 Å². The van der Waals surface area contributed by atoms with E-state index in [1.165, 1.54) is 7.11 Å². The number of carboxylic acid groups (broad SMARTS) is 1. The largest absolute Gasteiger partial charge is 0.481 e. The average Bonchev–Trinajstić information content (AvgIpc) is 2.31. The van der Waals surface area contributed by atoms with Crippen molar-refractivity contribution < 1.29 is 23.1 Å². The van der Waals surface area contributed by atoms with E-state index in [-0.39, 0.29) is 12.2 Å². The molecule has 0 aromatic heterocycles. The minimum absolute atomic E-state index is 0.0672. The van der Waals surface area contributed by atoms with Gasteiger partial charge in [0.1, 0.15) is 0 Å². The number of para-hydroxylation sites is 1. The molecule has 0 spiro atoms. The van der Waals surface area contributed by atoms with Crippen LogP contribution in [0.15, 0.2) is 24.3 Å². The van der Waals surface area contributed by atoms with E-state index in [1.54, 1.807) is 24.3 Å². The first-order valence-electron chi connectivity index (χ1n) is 5.74. The van der Waals surface area contributed by atoms with Crippen LogP contribution in [0.2, 0.25) is 0 Å². The van der Waals surface area contributed by atoms with Crippen molar-refractivity contribution in [3.05, 3.63) is 29.8 Å². The summed E-state index contributed by atoms with van der Waals surface area (Å²) in [5.41, 5.74) is 0.743. The van der Waals surface area contributed by atoms with Crippen LogP contribution in [0.1, 0.15) is 12.0 Å². The monoisotopic (exact) mass is 287 g/mol. The first-order valence-corrected chi connectivity index (χ1v) is 7.39. The van der Waals surface area contributed by atoms with Gasteiger partial charge in [-0.3, -0.25) is 9.52 Å². The predicted octanol–water partition coefficient (Wildman–Crippen LogP) is 1.09. The molecule has 0 aliphatic rings. The molecule has 0 fully saturated rings. The Hall–Kier alpha value is -1.60. The maximum absolute atomic E-state index is 11.8. The second-order valence-electron chi connectivity index (χ2n) is 3.99. The van der Waals surface area contributed by atoms with Crippen LogP contribution in [0, 0.1) is 0 Å². The van der Waals surface area contributed by atoms with E-state index in [9.17, 15) is 13.2 Å². The van der Waals surface area contributed by atoms with Gasteiger partial charge in [0.2, 0.25) is 10.0 Å². The Balaban J connectivity index is 2.78. The van der Waals surface area contributed by atoms with Crippen molar-refractivity contribution in [3.8, 4) is 0 Å². The van der Waals surface area contributed by atoms with Crippen LogP contribution in [0.5, 0.6) is 0 Å². The number of ether oxygens (including phenoxy) is 1. The van der Waals surface area contributed by atoms with E-state index in [1.807, 2.05) is 0 Å². The van der Waals surface area contributed by atoms with E-state index in [4.69, 9.17) is 9.84 Å². The first-order chi connectivity index (χ1) is 8.94. The second kappa shape index (κ2) is 7.10. The average molecular weight is 287 g/mol. The van der Waals surface area contributed by atoms with E-state index < -0.39 is 16.0 Å². The topological polar surface area (TPSA) is 92.7 Å². The highest BCUT2D eigenvalue weighted by atomic mass is 32.2. The highest BCUT2D eigenvalue weighted by Crippen LogP contribution is 2.17. The van der Waals surface area contributed by atoms with Crippen molar-refractivity contribution in [1.82, 2.24) is 0 Å². The zero-order valence-corrected chi connectivity index (χ0v) is 11.4. The van der Waals surface area contributed by atoms with Crippen LogP contribution in [0.25, 0.3) is 0 Å². The molecule has 106 valence electrons. The SMILES string of the molecule is COCCCS(=O)(=O)Nc1ccccc1CC(=O)O. The number of carbonyl (C=O) groups is 1. The lowest BCUT2D eigenvalue weighted by atomic mass is 10.1. The maximum Gasteiger partial charge on any atom is 0.307 e. The van der Waals surface area contributed by atoms with Crippen molar-refractivity contribution in [2.45, 2.75) is 12.8 Å². The van der Waals surface area contributed by atoms with Crippen LogP contribution in [0.4, 0.5) is 5.69 Å². The van der Waals surface area contributed by atoms with Gasteiger partial charge in [-0.2, -0.15) is 0 Å². The molecule has 0 aliphatic heterocycles. The van der Waals surface area contributed by atoms with Gasteiger partial charge >= 0.3 is 5.97 Å². The Labute approximate surface area is 112 Å². The number of methoxy groups -OCH3 is 1. The Morgan fingerprint density at radius 1 is 1.37 bits per heavy atom. The molecule has 6 nitrogen and oxygen atoms in total. The van der Waals surface area contributed by atoms with Gasteiger partial charge in [-0.1, -0.05) is 18.2 Å². The normalized spacial score (nSPS) is 11.2. The van der Waals surface area contributed by atoms with Gasteiger partial charge in [-0.05, 0) is 18.1 Å². The lowest BCUT2D eigenvalue weighted by molar-refractivity contribution is -0.136. The minimum Gasteiger partial charge on any atom is -0.481 e. The molecule has 7 heteroatoms. The standard InChI is InChI=1S/C12H17NO5S/c1-18-7-4-8-19(16,17)13-11-6-3-2-5-10(11)9-12(14)15/h2-3,5-6,13H,4,7-9H2,1H3,(H,14,15). The van der Waals surface area contributed by atoms with Crippen LogP contribution in [0.3, 0.4) is 0 Å². The molecule has 0 unspecified atom stereocenters. The third-order valence-electron chi connectivity index (χ3n) is 2.39. The summed E-state index contributed by atoms with van der Waals surface area (Å²) in [6, 6.07) is 6.45. The van der Waals surface area contributed by atoms with Gasteiger partial charge in [-0.15, -0.1) is 0 Å². The molecular formula is C12H17NO5S. The molecule has 0 atom stereocenters. The minimum atomic E-state index is -3.49. The third-order valence-corrected chi connectivity index (χ3v) is 3.74. The number of hydrogen-bond donors (Lipinski definition) is 2. The molecule has 0 heterocycles. The van der Waals surface area contributed by atoms with Gasteiger partial charge in [0.05, 0.1) is 17.9 Å². The van der Waals surface area contributed by atoms with Gasteiger partial charge in [0, 0.05) is 13.7 Å². The van der Waals surface area contributed by atoms with Gasteiger partial charge < -0.3 is 9.84 Å². The number of nitrogens with one attached hydrogen (secondary N) is 1. The van der Waals surface area contributed by atoms with Crippen LogP contribution >= 0.6 is 0 Å². The fourth-order valence-electron chi connectivity index (χ4n) is 1.55. The summed E-state index contributed by atoms with van der Waals surface area (Å²) in [6.07, 6.45) is 0.156. The molecule has 2 N–H and O–H groups in total. The fraction of sp³-hybridized carbons (Fsp3) is 0.417. The molecule has 0 radical (unpaired) electrons. The van der Waals surface area contributed by atoms with Crippen molar-refractivity contribution in [2.24, 2.45) is 0 Å². The maximum atomic E-state index is 11.8. The van der Waals surface area contributed by atoms with E-state index in [0.717, 1.165) is 0 Å². The van der Waals surface area contributed by atoms with Crippen molar-refractivity contribution in [1.29, 1.82) is 0 Å². The summed E-state index contributed by atoms with van der Waals surface area (Å²) in [5.74, 6) is -1.08. The zero-order chi connectivity index (χ0) is 14.3. The fourth-order valence-corrected chi connectivity index (χ4v) is 2.68. The molecule has 0 amide bonds. The number of hydrogen-bond acceptors (Lipinski definition) is 4. The number of rotatable bonds is 8.